The van der Waals surface area contributed by atoms with Gasteiger partial charge in [-0.2, -0.15) is 0 Å². The second-order valence-corrected chi connectivity index (χ2v) is 11.0. The van der Waals surface area contributed by atoms with Crippen molar-refractivity contribution in [3.63, 3.8) is 0 Å². The molecule has 0 spiro atoms. The van der Waals surface area contributed by atoms with Gasteiger partial charge < -0.3 is 0 Å². The lowest BCUT2D eigenvalue weighted by Crippen LogP contribution is -2.25. The first-order chi connectivity index (χ1) is 16.0. The van der Waals surface area contributed by atoms with Gasteiger partial charge in [-0.1, -0.05) is 25.7 Å². The molecule has 12 nitrogen and oxygen atoms in total. The first-order valence-electron chi connectivity index (χ1n) is 10.5. The number of sulfonamides is 2. The van der Waals surface area contributed by atoms with E-state index in [4.69, 9.17) is 0 Å². The molecule has 0 amide bonds. The molecule has 0 bridgehead atoms. The van der Waals surface area contributed by atoms with E-state index in [0.29, 0.717) is 12.8 Å². The number of nitrogens with one attached hydrogen (secondary N) is 2. The minimum Gasteiger partial charge on any atom is -0.258 e. The minimum absolute atomic E-state index is 0.0331. The van der Waals surface area contributed by atoms with Gasteiger partial charge in [-0.25, -0.2) is 26.3 Å². The normalized spacial score (nSPS) is 11.9. The largest absolute Gasteiger partial charge is 0.269 e. The Labute approximate surface area is 197 Å². The molecular weight excluding hydrogens is 488 g/mol. The molecule has 2 aromatic rings. The van der Waals surface area contributed by atoms with Crippen LogP contribution in [-0.2, 0) is 20.0 Å². The van der Waals surface area contributed by atoms with E-state index >= 15 is 0 Å². The SMILES string of the molecule is O=[N+]([O-])c1ccc(S(=O)(=O)NCCCCCCCCNS(=O)(=O)c2ccc([N+](=O)[O-])cc2)cc1. The molecule has 0 aliphatic rings. The molecule has 2 N–H and O–H groups in total. The lowest BCUT2D eigenvalue weighted by atomic mass is 10.1. The Balaban J connectivity index is 1.58. The van der Waals surface area contributed by atoms with Gasteiger partial charge in [0.1, 0.15) is 0 Å². The lowest BCUT2D eigenvalue weighted by molar-refractivity contribution is -0.385. The fourth-order valence-electron chi connectivity index (χ4n) is 3.03. The van der Waals surface area contributed by atoms with Crippen LogP contribution in [0.3, 0.4) is 0 Å². The highest BCUT2D eigenvalue weighted by Crippen LogP contribution is 2.17. The monoisotopic (exact) mass is 514 g/mol. The molecular formula is C20H26N4O8S2. The summed E-state index contributed by atoms with van der Waals surface area (Å²) in [6.07, 6.45) is 4.54. The van der Waals surface area contributed by atoms with E-state index in [1.165, 1.54) is 24.3 Å². The molecule has 0 aliphatic heterocycles. The Morgan fingerprint density at radius 1 is 0.559 bits per heavy atom. The molecule has 14 heteroatoms. The summed E-state index contributed by atoms with van der Waals surface area (Å²) in [5.74, 6) is 0. The number of hydrogen-bond acceptors (Lipinski definition) is 8. The molecule has 2 rings (SSSR count). The molecule has 0 radical (unpaired) electrons. The van der Waals surface area contributed by atoms with E-state index in [2.05, 4.69) is 9.44 Å². The smallest absolute Gasteiger partial charge is 0.258 e. The van der Waals surface area contributed by atoms with Gasteiger partial charge in [-0.15, -0.1) is 0 Å². The number of nitro groups is 2. The zero-order chi connectivity index (χ0) is 25.2. The van der Waals surface area contributed by atoms with Crippen LogP contribution in [0, 0.1) is 20.2 Å². The van der Waals surface area contributed by atoms with Gasteiger partial charge in [0.2, 0.25) is 20.0 Å². The standard InChI is InChI=1S/C20H26N4O8S2/c25-23(26)17-7-11-19(12-8-17)33(29,30)21-15-5-3-1-2-4-6-16-22-34(31,32)20-13-9-18(10-14-20)24(27)28/h7-14,21-22H,1-6,15-16H2. The predicted molar refractivity (Wildman–Crippen MR) is 124 cm³/mol. The van der Waals surface area contributed by atoms with Crippen LogP contribution in [0.25, 0.3) is 0 Å². The highest BCUT2D eigenvalue weighted by molar-refractivity contribution is 7.89. The maximum atomic E-state index is 12.2. The van der Waals surface area contributed by atoms with Crippen molar-refractivity contribution in [1.82, 2.24) is 9.44 Å². The molecule has 0 atom stereocenters. The van der Waals surface area contributed by atoms with E-state index < -0.39 is 29.9 Å². The van der Waals surface area contributed by atoms with Gasteiger partial charge in [0.05, 0.1) is 19.6 Å². The van der Waals surface area contributed by atoms with Crippen molar-refractivity contribution in [3.05, 3.63) is 68.8 Å². The van der Waals surface area contributed by atoms with Crippen LogP contribution >= 0.6 is 0 Å². The molecule has 0 fully saturated rings. The summed E-state index contributed by atoms with van der Waals surface area (Å²) in [5, 5.41) is 21.3. The summed E-state index contributed by atoms with van der Waals surface area (Å²) in [4.78, 5) is 20.0. The van der Waals surface area contributed by atoms with Crippen molar-refractivity contribution in [2.45, 2.75) is 48.3 Å². The van der Waals surface area contributed by atoms with Crippen LogP contribution in [0.2, 0.25) is 0 Å². The molecule has 0 aliphatic carbocycles. The fraction of sp³-hybridized carbons (Fsp3) is 0.400. The number of hydrogen-bond donors (Lipinski definition) is 2. The first kappa shape index (κ1) is 27.3. The summed E-state index contributed by atoms with van der Waals surface area (Å²) in [6.45, 7) is 0.489. The van der Waals surface area contributed by atoms with Crippen LogP contribution in [-0.4, -0.2) is 39.8 Å². The van der Waals surface area contributed by atoms with Crippen LogP contribution in [0.4, 0.5) is 11.4 Å². The van der Waals surface area contributed by atoms with Gasteiger partial charge in [-0.3, -0.25) is 20.2 Å². The quantitative estimate of drug-likeness (QED) is 0.207. The van der Waals surface area contributed by atoms with Crippen molar-refractivity contribution in [2.75, 3.05) is 13.1 Å². The van der Waals surface area contributed by atoms with E-state index in [1.807, 2.05) is 0 Å². The van der Waals surface area contributed by atoms with Crippen LogP contribution in [0.5, 0.6) is 0 Å². The van der Waals surface area contributed by atoms with Gasteiger partial charge >= 0.3 is 0 Å². The summed E-state index contributed by atoms with van der Waals surface area (Å²) in [6, 6.07) is 9.32. The van der Waals surface area contributed by atoms with E-state index in [9.17, 15) is 37.1 Å². The first-order valence-corrected chi connectivity index (χ1v) is 13.5. The third-order valence-electron chi connectivity index (χ3n) is 4.90. The molecule has 0 saturated carbocycles. The Morgan fingerprint density at radius 2 is 0.853 bits per heavy atom. The Bertz CT molecular complexity index is 1090. The number of nitrogens with zero attached hydrogens (tertiary/aromatic N) is 2. The molecule has 0 unspecified atom stereocenters. The van der Waals surface area contributed by atoms with E-state index in [-0.39, 0.29) is 34.3 Å². The Hall–Kier alpha value is -2.94. The molecule has 186 valence electrons. The fourth-order valence-corrected chi connectivity index (χ4v) is 5.18. The second kappa shape index (κ2) is 12.5. The van der Waals surface area contributed by atoms with Crippen LogP contribution in [0.1, 0.15) is 38.5 Å². The highest BCUT2D eigenvalue weighted by atomic mass is 32.2. The van der Waals surface area contributed by atoms with Gasteiger partial charge in [-0.05, 0) is 37.1 Å². The van der Waals surface area contributed by atoms with Gasteiger partial charge in [0, 0.05) is 37.4 Å². The molecule has 0 aromatic heterocycles. The zero-order valence-corrected chi connectivity index (χ0v) is 19.9. The van der Waals surface area contributed by atoms with Gasteiger partial charge in [0.25, 0.3) is 11.4 Å². The van der Waals surface area contributed by atoms with Crippen molar-refractivity contribution < 1.29 is 26.7 Å². The van der Waals surface area contributed by atoms with Crippen molar-refractivity contribution in [1.29, 1.82) is 0 Å². The third-order valence-corrected chi connectivity index (χ3v) is 7.86. The topological polar surface area (TPSA) is 179 Å². The predicted octanol–water partition coefficient (Wildman–Crippen LogP) is 3.10. The number of benzene rings is 2. The number of rotatable bonds is 15. The van der Waals surface area contributed by atoms with Crippen molar-refractivity contribution in [3.8, 4) is 0 Å². The summed E-state index contributed by atoms with van der Waals surface area (Å²) in [5.41, 5.74) is -0.365. The van der Waals surface area contributed by atoms with E-state index in [0.717, 1.165) is 49.9 Å². The number of nitro benzene ring substituents is 2. The Kier molecular flexibility index (Phi) is 10.0. The maximum Gasteiger partial charge on any atom is 0.269 e. The lowest BCUT2D eigenvalue weighted by Gasteiger charge is -2.07. The average Bonchev–Trinajstić information content (AvgIpc) is 2.80. The average molecular weight is 515 g/mol. The van der Waals surface area contributed by atoms with Crippen LogP contribution < -0.4 is 9.44 Å². The van der Waals surface area contributed by atoms with E-state index in [1.54, 1.807) is 0 Å². The van der Waals surface area contributed by atoms with Gasteiger partial charge in [0.15, 0.2) is 0 Å². The molecule has 0 saturated heterocycles. The summed E-state index contributed by atoms with van der Waals surface area (Å²) >= 11 is 0. The Morgan fingerprint density at radius 3 is 1.15 bits per heavy atom. The summed E-state index contributed by atoms with van der Waals surface area (Å²) in [7, 11) is -7.44. The minimum atomic E-state index is -3.72. The third kappa shape index (κ3) is 8.44. The van der Waals surface area contributed by atoms with Crippen molar-refractivity contribution >= 4 is 31.4 Å². The number of unbranched alkanes of at least 4 members (excludes halogenated alkanes) is 5. The van der Waals surface area contributed by atoms with Crippen LogP contribution in [0.15, 0.2) is 58.3 Å². The molecule has 34 heavy (non-hydrogen) atoms. The maximum absolute atomic E-state index is 12.2. The van der Waals surface area contributed by atoms with Crippen molar-refractivity contribution in [2.24, 2.45) is 0 Å². The summed E-state index contributed by atoms with van der Waals surface area (Å²) < 4.78 is 53.7. The molecule has 2 aromatic carbocycles. The second-order valence-electron chi connectivity index (χ2n) is 7.42. The number of non-ortho nitro benzene ring substituents is 2. The molecule has 0 heterocycles. The zero-order valence-electron chi connectivity index (χ0n) is 18.3. The highest BCUT2D eigenvalue weighted by Gasteiger charge is 2.16.